The summed E-state index contributed by atoms with van der Waals surface area (Å²) < 4.78 is 33.4. The first-order chi connectivity index (χ1) is 16.2. The average Bonchev–Trinajstić information content (AvgIpc) is 2.83. The average molecular weight is 552 g/mol. The number of benzene rings is 2. The molecule has 10 nitrogen and oxygen atoms in total. The molecule has 1 amide bonds. The van der Waals surface area contributed by atoms with Crippen LogP contribution < -0.4 is 0 Å². The molecule has 0 N–H and O–H groups in total. The number of hydroxylamine groups is 1. The summed E-state index contributed by atoms with van der Waals surface area (Å²) >= 11 is 3.34. The normalized spacial score (nSPS) is 16.1. The van der Waals surface area contributed by atoms with E-state index in [0.717, 1.165) is 17.7 Å². The highest BCUT2D eigenvalue weighted by Gasteiger charge is 2.39. The van der Waals surface area contributed by atoms with Crippen molar-refractivity contribution in [3.05, 3.63) is 93.5 Å². The lowest BCUT2D eigenvalue weighted by molar-refractivity contribution is -0.387. The van der Waals surface area contributed by atoms with Gasteiger partial charge in [-0.15, -0.1) is 6.58 Å². The highest BCUT2D eigenvalue weighted by molar-refractivity contribution is 9.11. The number of halogens is 1. The summed E-state index contributed by atoms with van der Waals surface area (Å²) in [6.45, 7) is 3.45. The lowest BCUT2D eigenvalue weighted by Crippen LogP contribution is -2.50. The third kappa shape index (κ3) is 6.08. The van der Waals surface area contributed by atoms with Crippen LogP contribution in [0.25, 0.3) is 0 Å². The number of carbonyl (C=O) groups is 1. The number of sulfonamides is 1. The fourth-order valence-electron chi connectivity index (χ4n) is 3.26. The third-order valence-electron chi connectivity index (χ3n) is 4.75. The highest BCUT2D eigenvalue weighted by atomic mass is 79.9. The van der Waals surface area contributed by atoms with Gasteiger partial charge in [0.2, 0.25) is 0 Å². The van der Waals surface area contributed by atoms with Crippen molar-refractivity contribution >= 4 is 37.7 Å². The van der Waals surface area contributed by atoms with E-state index in [1.807, 2.05) is 30.3 Å². The van der Waals surface area contributed by atoms with Gasteiger partial charge in [0.1, 0.15) is 6.61 Å². The van der Waals surface area contributed by atoms with Crippen LogP contribution in [0.4, 0.5) is 10.5 Å². The molecule has 0 fully saturated rings. The van der Waals surface area contributed by atoms with E-state index < -0.39 is 37.7 Å². The molecule has 0 bridgehead atoms. The molecule has 12 heteroatoms. The van der Waals surface area contributed by atoms with Gasteiger partial charge < -0.3 is 9.64 Å². The summed E-state index contributed by atoms with van der Waals surface area (Å²) in [5.41, 5.74) is 0.210. The molecule has 1 heterocycles. The Morgan fingerprint density at radius 3 is 2.59 bits per heavy atom. The van der Waals surface area contributed by atoms with E-state index in [0.29, 0.717) is 8.95 Å². The van der Waals surface area contributed by atoms with Gasteiger partial charge >= 0.3 is 6.09 Å². The molecule has 3 rings (SSSR count). The third-order valence-corrected chi connectivity index (χ3v) is 7.02. The monoisotopic (exact) mass is 551 g/mol. The molecule has 0 saturated heterocycles. The number of nitrogens with zero attached hydrogens (tertiary/aromatic N) is 3. The number of rotatable bonds is 9. The Kier molecular flexibility index (Phi) is 8.56. The number of ether oxygens (including phenoxy) is 1. The van der Waals surface area contributed by atoms with E-state index in [4.69, 9.17) is 9.57 Å². The van der Waals surface area contributed by atoms with Crippen LogP contribution >= 0.6 is 15.9 Å². The largest absolute Gasteiger partial charge is 0.445 e. The molecule has 0 saturated carbocycles. The maximum Gasteiger partial charge on any atom is 0.410 e. The maximum atomic E-state index is 13.4. The van der Waals surface area contributed by atoms with E-state index in [1.54, 1.807) is 6.08 Å². The molecule has 180 valence electrons. The smallest absolute Gasteiger partial charge is 0.410 e. The van der Waals surface area contributed by atoms with Gasteiger partial charge in [0.15, 0.2) is 4.90 Å². The molecular formula is C22H22BrN3O7S. The summed E-state index contributed by atoms with van der Waals surface area (Å²) in [7, 11) is -4.50. The summed E-state index contributed by atoms with van der Waals surface area (Å²) in [5, 5.41) is 11.4. The van der Waals surface area contributed by atoms with Crippen molar-refractivity contribution in [2.24, 2.45) is 0 Å². The molecule has 0 aromatic heterocycles. The number of hydrogen-bond acceptors (Lipinski definition) is 7. The zero-order valence-corrected chi connectivity index (χ0v) is 20.4. The first kappa shape index (κ1) is 25.6. The van der Waals surface area contributed by atoms with Crippen molar-refractivity contribution in [1.82, 2.24) is 9.37 Å². The second-order valence-corrected chi connectivity index (χ2v) is 9.94. The molecule has 0 spiro atoms. The van der Waals surface area contributed by atoms with Gasteiger partial charge in [-0.05, 0) is 11.6 Å². The molecule has 1 aliphatic heterocycles. The van der Waals surface area contributed by atoms with Gasteiger partial charge in [0, 0.05) is 17.1 Å². The van der Waals surface area contributed by atoms with Crippen LogP contribution in [0.3, 0.4) is 0 Å². The zero-order valence-electron chi connectivity index (χ0n) is 17.9. The van der Waals surface area contributed by atoms with E-state index >= 15 is 0 Å². The van der Waals surface area contributed by atoms with Crippen LogP contribution in [0.1, 0.15) is 5.56 Å². The van der Waals surface area contributed by atoms with Gasteiger partial charge in [-0.25, -0.2) is 13.2 Å². The molecule has 2 aromatic rings. The number of nitro groups is 1. The van der Waals surface area contributed by atoms with Crippen molar-refractivity contribution in [2.75, 3.05) is 19.7 Å². The molecule has 1 aliphatic rings. The molecule has 2 aromatic carbocycles. The molecular weight excluding hydrogens is 530 g/mol. The number of nitro benzene ring substituents is 1. The minimum absolute atomic E-state index is 0.0490. The number of carbonyl (C=O) groups excluding carboxylic acids is 1. The summed E-state index contributed by atoms with van der Waals surface area (Å²) in [5.74, 6) is 0. The van der Waals surface area contributed by atoms with E-state index in [2.05, 4.69) is 22.5 Å². The summed E-state index contributed by atoms with van der Waals surface area (Å²) in [6, 6.07) is 13.1. The predicted molar refractivity (Wildman–Crippen MR) is 127 cm³/mol. The predicted octanol–water partition coefficient (Wildman–Crippen LogP) is 4.00. The van der Waals surface area contributed by atoms with Crippen LogP contribution in [-0.2, 0) is 26.2 Å². The van der Waals surface area contributed by atoms with Gasteiger partial charge in [-0.2, -0.15) is 0 Å². The van der Waals surface area contributed by atoms with Gasteiger partial charge in [-0.3, -0.25) is 15.0 Å². The van der Waals surface area contributed by atoms with Crippen molar-refractivity contribution in [2.45, 2.75) is 17.5 Å². The quantitative estimate of drug-likeness (QED) is 0.262. The van der Waals surface area contributed by atoms with E-state index in [9.17, 15) is 23.3 Å². The van der Waals surface area contributed by atoms with Crippen LogP contribution in [0.2, 0.25) is 0 Å². The lowest BCUT2D eigenvalue weighted by Gasteiger charge is -2.35. The zero-order chi connectivity index (χ0) is 24.7. The van der Waals surface area contributed by atoms with Gasteiger partial charge in [-0.1, -0.05) is 75.0 Å². The Hall–Kier alpha value is -3.06. The summed E-state index contributed by atoms with van der Waals surface area (Å²) in [4.78, 5) is 29.6. The van der Waals surface area contributed by atoms with E-state index in [-0.39, 0.29) is 26.3 Å². The SMILES string of the molecule is C=CCON(C1C=C(Br)CN(C(=O)OCc2ccccc2)C1)S(=O)(=O)c1ccccc1[N+](=O)[O-]. The first-order valence-corrected chi connectivity index (χ1v) is 12.3. The van der Waals surface area contributed by atoms with Gasteiger partial charge in [0.05, 0.1) is 24.1 Å². The number of amides is 1. The van der Waals surface area contributed by atoms with Crippen LogP contribution in [0.5, 0.6) is 0 Å². The standard InChI is InChI=1S/C22H22BrN3O7S/c1-2-12-33-26(34(30,31)21-11-7-6-10-20(21)25(28)29)19-13-18(23)14-24(15-19)22(27)32-16-17-8-4-3-5-9-17/h2-11,13,19H,1,12,14-16H2. The number of para-hydroxylation sites is 1. The fourth-order valence-corrected chi connectivity index (χ4v) is 5.40. The Morgan fingerprint density at radius 1 is 1.24 bits per heavy atom. The van der Waals surface area contributed by atoms with Crippen LogP contribution in [0, 0.1) is 10.1 Å². The second kappa shape index (κ2) is 11.4. The van der Waals surface area contributed by atoms with Gasteiger partial charge in [0.25, 0.3) is 15.7 Å². The molecule has 1 unspecified atom stereocenters. The molecule has 0 radical (unpaired) electrons. The first-order valence-electron chi connectivity index (χ1n) is 10.1. The molecule has 34 heavy (non-hydrogen) atoms. The van der Waals surface area contributed by atoms with Crippen molar-refractivity contribution < 1.29 is 27.7 Å². The van der Waals surface area contributed by atoms with Crippen LogP contribution in [-0.4, -0.2) is 54.5 Å². The minimum atomic E-state index is -4.50. The second-order valence-electron chi connectivity index (χ2n) is 7.17. The van der Waals surface area contributed by atoms with Crippen LogP contribution in [0.15, 0.2) is 82.7 Å². The molecule has 1 atom stereocenters. The number of hydrogen-bond donors (Lipinski definition) is 0. The van der Waals surface area contributed by atoms with Crippen molar-refractivity contribution in [1.29, 1.82) is 0 Å². The summed E-state index contributed by atoms with van der Waals surface area (Å²) in [6.07, 6.45) is 2.26. The minimum Gasteiger partial charge on any atom is -0.445 e. The lowest BCUT2D eigenvalue weighted by atomic mass is 10.2. The maximum absolute atomic E-state index is 13.4. The Labute approximate surface area is 205 Å². The molecule has 0 aliphatic carbocycles. The highest BCUT2D eigenvalue weighted by Crippen LogP contribution is 2.30. The van der Waals surface area contributed by atoms with Crippen molar-refractivity contribution in [3.63, 3.8) is 0 Å². The Morgan fingerprint density at radius 2 is 1.91 bits per heavy atom. The van der Waals surface area contributed by atoms with E-state index in [1.165, 1.54) is 23.1 Å². The van der Waals surface area contributed by atoms with Crippen molar-refractivity contribution in [3.8, 4) is 0 Å². The Balaban J connectivity index is 1.87. The Bertz CT molecular complexity index is 1190. The fraction of sp³-hybridized carbons (Fsp3) is 0.227. The topological polar surface area (TPSA) is 119 Å².